The van der Waals surface area contributed by atoms with Crippen molar-refractivity contribution in [3.63, 3.8) is 0 Å². The van der Waals surface area contributed by atoms with Crippen LogP contribution in [0.25, 0.3) is 0 Å². The van der Waals surface area contributed by atoms with E-state index in [2.05, 4.69) is 0 Å². The number of aliphatic hydroxyl groups is 1. The summed E-state index contributed by atoms with van der Waals surface area (Å²) < 4.78 is 37.7. The van der Waals surface area contributed by atoms with Crippen molar-refractivity contribution >= 4 is 0 Å². The smallest absolute Gasteiger partial charge is 0.390 e. The highest BCUT2D eigenvalue weighted by Crippen LogP contribution is 2.46. The summed E-state index contributed by atoms with van der Waals surface area (Å²) in [7, 11) is 0. The lowest BCUT2D eigenvalue weighted by Gasteiger charge is -2.43. The molecule has 2 aliphatic carbocycles. The van der Waals surface area contributed by atoms with Crippen LogP contribution in [-0.4, -0.2) is 16.9 Å². The fourth-order valence-electron chi connectivity index (χ4n) is 3.49. The van der Waals surface area contributed by atoms with Gasteiger partial charge in [-0.2, -0.15) is 13.2 Å². The van der Waals surface area contributed by atoms with Crippen LogP contribution < -0.4 is 0 Å². The predicted molar refractivity (Wildman–Crippen MR) is 59.5 cm³/mol. The zero-order chi connectivity index (χ0) is 12.5. The van der Waals surface area contributed by atoms with Crippen LogP contribution in [0.4, 0.5) is 13.2 Å². The SMILES string of the molecule is OC1(C2CCCCC2)CCC(C(F)(F)F)CC1. The second-order valence-electron chi connectivity index (χ2n) is 5.75. The Balaban J connectivity index is 1.92. The normalized spacial score (nSPS) is 37.1. The second kappa shape index (κ2) is 4.79. The molecule has 2 rings (SSSR count). The number of hydrogen-bond acceptors (Lipinski definition) is 1. The fraction of sp³-hybridized carbons (Fsp3) is 1.00. The van der Waals surface area contributed by atoms with Gasteiger partial charge in [0.05, 0.1) is 11.5 Å². The van der Waals surface area contributed by atoms with Gasteiger partial charge in [-0.3, -0.25) is 0 Å². The molecule has 0 amide bonds. The summed E-state index contributed by atoms with van der Waals surface area (Å²) in [6.07, 6.45) is 2.24. The van der Waals surface area contributed by atoms with Gasteiger partial charge in [-0.25, -0.2) is 0 Å². The first-order valence-corrected chi connectivity index (χ1v) is 6.71. The van der Waals surface area contributed by atoms with Crippen molar-refractivity contribution < 1.29 is 18.3 Å². The van der Waals surface area contributed by atoms with E-state index in [1.54, 1.807) is 0 Å². The van der Waals surface area contributed by atoms with Crippen LogP contribution in [0.1, 0.15) is 57.8 Å². The third kappa shape index (κ3) is 2.95. The van der Waals surface area contributed by atoms with Crippen LogP contribution in [0, 0.1) is 11.8 Å². The van der Waals surface area contributed by atoms with E-state index in [9.17, 15) is 18.3 Å². The minimum atomic E-state index is -4.08. The standard InChI is InChI=1S/C13H21F3O/c14-13(15,16)11-6-8-12(17,9-7-11)10-4-2-1-3-5-10/h10-11,17H,1-9H2. The molecule has 0 aromatic carbocycles. The van der Waals surface area contributed by atoms with E-state index in [0.717, 1.165) is 25.7 Å². The van der Waals surface area contributed by atoms with E-state index in [-0.39, 0.29) is 18.8 Å². The molecule has 2 fully saturated rings. The van der Waals surface area contributed by atoms with Gasteiger partial charge in [0, 0.05) is 0 Å². The average Bonchev–Trinajstić information content (AvgIpc) is 2.29. The average molecular weight is 250 g/mol. The molecule has 100 valence electrons. The first-order chi connectivity index (χ1) is 7.92. The van der Waals surface area contributed by atoms with Gasteiger partial charge in [-0.1, -0.05) is 19.3 Å². The molecule has 0 aliphatic heterocycles. The fourth-order valence-corrected chi connectivity index (χ4v) is 3.49. The summed E-state index contributed by atoms with van der Waals surface area (Å²) in [5.74, 6) is -0.947. The number of halogens is 3. The summed E-state index contributed by atoms with van der Waals surface area (Å²) in [5, 5.41) is 10.5. The van der Waals surface area contributed by atoms with E-state index in [1.807, 2.05) is 0 Å². The Bertz CT molecular complexity index is 248. The van der Waals surface area contributed by atoms with E-state index in [1.165, 1.54) is 6.42 Å². The van der Waals surface area contributed by atoms with Gasteiger partial charge < -0.3 is 5.11 Å². The highest BCUT2D eigenvalue weighted by atomic mass is 19.4. The number of alkyl halides is 3. The van der Waals surface area contributed by atoms with Gasteiger partial charge in [0.1, 0.15) is 0 Å². The molecule has 1 nitrogen and oxygen atoms in total. The summed E-state index contributed by atoms with van der Waals surface area (Å²) >= 11 is 0. The highest BCUT2D eigenvalue weighted by molar-refractivity contribution is 4.93. The molecular weight excluding hydrogens is 229 g/mol. The molecule has 0 atom stereocenters. The molecule has 2 aliphatic rings. The molecule has 0 unspecified atom stereocenters. The van der Waals surface area contributed by atoms with Crippen LogP contribution in [0.5, 0.6) is 0 Å². The minimum Gasteiger partial charge on any atom is -0.390 e. The Morgan fingerprint density at radius 1 is 0.882 bits per heavy atom. The van der Waals surface area contributed by atoms with Crippen LogP contribution in [0.15, 0.2) is 0 Å². The molecule has 17 heavy (non-hydrogen) atoms. The highest BCUT2D eigenvalue weighted by Gasteiger charge is 2.47. The zero-order valence-electron chi connectivity index (χ0n) is 10.1. The van der Waals surface area contributed by atoms with Gasteiger partial charge in [0.2, 0.25) is 0 Å². The summed E-state index contributed by atoms with van der Waals surface area (Å²) in [5.41, 5.74) is -0.803. The van der Waals surface area contributed by atoms with Gasteiger partial charge >= 0.3 is 6.18 Å². The molecule has 0 heterocycles. The van der Waals surface area contributed by atoms with Gasteiger partial charge in [0.25, 0.3) is 0 Å². The van der Waals surface area contributed by atoms with Crippen molar-refractivity contribution in [3.05, 3.63) is 0 Å². The van der Waals surface area contributed by atoms with Gasteiger partial charge in [-0.05, 0) is 44.4 Å². The lowest BCUT2D eigenvalue weighted by Crippen LogP contribution is -2.44. The van der Waals surface area contributed by atoms with Crippen molar-refractivity contribution in [2.75, 3.05) is 0 Å². The maximum absolute atomic E-state index is 12.6. The Morgan fingerprint density at radius 3 is 1.88 bits per heavy atom. The first-order valence-electron chi connectivity index (χ1n) is 6.71. The summed E-state index contributed by atoms with van der Waals surface area (Å²) in [6.45, 7) is 0. The topological polar surface area (TPSA) is 20.2 Å². The molecule has 0 spiro atoms. The Hall–Kier alpha value is -0.250. The van der Waals surface area contributed by atoms with Crippen molar-refractivity contribution in [1.82, 2.24) is 0 Å². The van der Waals surface area contributed by atoms with Crippen molar-refractivity contribution in [2.45, 2.75) is 69.6 Å². The minimum absolute atomic E-state index is 0.108. The molecule has 0 aromatic heterocycles. The number of rotatable bonds is 1. The monoisotopic (exact) mass is 250 g/mol. The Labute approximate surface area is 100 Å². The molecule has 0 saturated heterocycles. The third-order valence-electron chi connectivity index (χ3n) is 4.68. The molecular formula is C13H21F3O. The maximum Gasteiger partial charge on any atom is 0.391 e. The quantitative estimate of drug-likeness (QED) is 0.744. The molecule has 0 bridgehead atoms. The van der Waals surface area contributed by atoms with Gasteiger partial charge in [-0.15, -0.1) is 0 Å². The molecule has 0 aromatic rings. The maximum atomic E-state index is 12.6. The predicted octanol–water partition coefficient (Wildman–Crippen LogP) is 4.05. The van der Waals surface area contributed by atoms with Crippen molar-refractivity contribution in [1.29, 1.82) is 0 Å². The van der Waals surface area contributed by atoms with E-state index < -0.39 is 17.7 Å². The third-order valence-corrected chi connectivity index (χ3v) is 4.68. The zero-order valence-corrected chi connectivity index (χ0v) is 10.1. The first kappa shape index (κ1) is 13.2. The molecule has 4 heteroatoms. The molecule has 0 radical (unpaired) electrons. The lowest BCUT2D eigenvalue weighted by atomic mass is 9.67. The van der Waals surface area contributed by atoms with Crippen LogP contribution in [0.2, 0.25) is 0 Å². The number of hydrogen-bond donors (Lipinski definition) is 1. The Kier molecular flexibility index (Phi) is 3.71. The Morgan fingerprint density at radius 2 is 1.41 bits per heavy atom. The van der Waals surface area contributed by atoms with Gasteiger partial charge in [0.15, 0.2) is 0 Å². The van der Waals surface area contributed by atoms with E-state index >= 15 is 0 Å². The van der Waals surface area contributed by atoms with Crippen LogP contribution in [-0.2, 0) is 0 Å². The molecule has 1 N–H and O–H groups in total. The summed E-state index contributed by atoms with van der Waals surface area (Å²) in [6, 6.07) is 0. The lowest BCUT2D eigenvalue weighted by molar-refractivity contribution is -0.197. The largest absolute Gasteiger partial charge is 0.391 e. The second-order valence-corrected chi connectivity index (χ2v) is 5.75. The van der Waals surface area contributed by atoms with Crippen LogP contribution in [0.3, 0.4) is 0 Å². The molecule has 2 saturated carbocycles. The van der Waals surface area contributed by atoms with Crippen LogP contribution >= 0.6 is 0 Å². The summed E-state index contributed by atoms with van der Waals surface area (Å²) in [4.78, 5) is 0. The van der Waals surface area contributed by atoms with E-state index in [0.29, 0.717) is 12.8 Å². The van der Waals surface area contributed by atoms with E-state index in [4.69, 9.17) is 0 Å². The van der Waals surface area contributed by atoms with Crippen molar-refractivity contribution in [2.24, 2.45) is 11.8 Å². The van der Waals surface area contributed by atoms with Crippen molar-refractivity contribution in [3.8, 4) is 0 Å².